The van der Waals surface area contributed by atoms with Crippen molar-refractivity contribution in [1.29, 1.82) is 0 Å². The Morgan fingerprint density at radius 3 is 2.50 bits per heavy atom. The van der Waals surface area contributed by atoms with E-state index in [-0.39, 0.29) is 12.6 Å². The summed E-state index contributed by atoms with van der Waals surface area (Å²) in [5, 5.41) is 12.0. The second-order valence-electron chi connectivity index (χ2n) is 5.87. The quantitative estimate of drug-likeness (QED) is 0.796. The van der Waals surface area contributed by atoms with Crippen LogP contribution in [0, 0.1) is 5.41 Å². The molecule has 2 atom stereocenters. The summed E-state index contributed by atoms with van der Waals surface area (Å²) >= 11 is 0. The van der Waals surface area contributed by atoms with Crippen LogP contribution in [-0.2, 0) is 4.79 Å². The second kappa shape index (κ2) is 6.92. The van der Waals surface area contributed by atoms with E-state index in [1.54, 1.807) is 11.8 Å². The molecular formula is C14H27N3O3. The van der Waals surface area contributed by atoms with Gasteiger partial charge in [0, 0.05) is 32.2 Å². The van der Waals surface area contributed by atoms with Crippen molar-refractivity contribution in [2.75, 3.05) is 33.2 Å². The lowest BCUT2D eigenvalue weighted by atomic mass is 9.88. The average molecular weight is 285 g/mol. The number of carbonyl (C=O) groups is 2. The predicted octanol–water partition coefficient (Wildman–Crippen LogP) is 1.22. The van der Waals surface area contributed by atoms with Crippen molar-refractivity contribution in [2.24, 2.45) is 5.41 Å². The van der Waals surface area contributed by atoms with Crippen molar-refractivity contribution in [2.45, 2.75) is 39.7 Å². The first-order valence-corrected chi connectivity index (χ1v) is 7.30. The monoisotopic (exact) mass is 285 g/mol. The van der Waals surface area contributed by atoms with Gasteiger partial charge in [-0.3, -0.25) is 9.69 Å². The number of aliphatic carboxylic acids is 1. The highest BCUT2D eigenvalue weighted by atomic mass is 16.4. The lowest BCUT2D eigenvalue weighted by molar-refractivity contribution is -0.147. The van der Waals surface area contributed by atoms with Gasteiger partial charge < -0.3 is 15.3 Å². The normalized spacial score (nSPS) is 23.2. The van der Waals surface area contributed by atoms with Crippen molar-refractivity contribution in [3.8, 4) is 0 Å². The van der Waals surface area contributed by atoms with Gasteiger partial charge >= 0.3 is 12.0 Å². The summed E-state index contributed by atoms with van der Waals surface area (Å²) in [7, 11) is 2.07. The van der Waals surface area contributed by atoms with Gasteiger partial charge in [-0.2, -0.15) is 0 Å². The number of nitrogens with zero attached hydrogens (tertiary/aromatic N) is 2. The number of amides is 2. The Hall–Kier alpha value is -1.30. The summed E-state index contributed by atoms with van der Waals surface area (Å²) in [4.78, 5) is 27.4. The highest BCUT2D eigenvalue weighted by Crippen LogP contribution is 2.20. The van der Waals surface area contributed by atoms with Gasteiger partial charge in [-0.15, -0.1) is 0 Å². The van der Waals surface area contributed by atoms with E-state index in [9.17, 15) is 14.7 Å². The number of nitrogens with one attached hydrogen (secondary N) is 1. The summed E-state index contributed by atoms with van der Waals surface area (Å²) in [5.41, 5.74) is -0.896. The Bertz CT molecular complexity index is 362. The maximum atomic E-state index is 12.2. The molecule has 1 heterocycles. The Morgan fingerprint density at radius 2 is 2.00 bits per heavy atom. The number of rotatable bonds is 5. The minimum Gasteiger partial charge on any atom is -0.481 e. The van der Waals surface area contributed by atoms with E-state index in [1.807, 2.05) is 6.92 Å². The molecule has 0 aromatic rings. The Kier molecular flexibility index (Phi) is 5.80. The third kappa shape index (κ3) is 3.85. The minimum atomic E-state index is -0.896. The van der Waals surface area contributed by atoms with Crippen molar-refractivity contribution in [3.63, 3.8) is 0 Å². The average Bonchev–Trinajstić information content (AvgIpc) is 2.44. The second-order valence-corrected chi connectivity index (χ2v) is 5.87. The molecule has 1 rings (SSSR count). The van der Waals surface area contributed by atoms with Gasteiger partial charge in [0.2, 0.25) is 0 Å². The maximum Gasteiger partial charge on any atom is 0.317 e. The van der Waals surface area contributed by atoms with Crippen molar-refractivity contribution in [3.05, 3.63) is 0 Å². The van der Waals surface area contributed by atoms with Crippen LogP contribution in [0.1, 0.15) is 33.6 Å². The molecule has 116 valence electrons. The van der Waals surface area contributed by atoms with Crippen LogP contribution in [0.15, 0.2) is 0 Å². The van der Waals surface area contributed by atoms with Gasteiger partial charge in [-0.05, 0) is 26.8 Å². The third-order valence-electron chi connectivity index (χ3n) is 4.46. The number of carboxylic acids is 1. The van der Waals surface area contributed by atoms with E-state index in [1.165, 1.54) is 0 Å². The molecule has 20 heavy (non-hydrogen) atoms. The lowest BCUT2D eigenvalue weighted by Gasteiger charge is -2.39. The molecule has 0 saturated carbocycles. The predicted molar refractivity (Wildman–Crippen MR) is 77.7 cm³/mol. The van der Waals surface area contributed by atoms with Crippen molar-refractivity contribution < 1.29 is 14.7 Å². The Morgan fingerprint density at radius 1 is 1.35 bits per heavy atom. The zero-order valence-electron chi connectivity index (χ0n) is 13.0. The highest BCUT2D eigenvalue weighted by Gasteiger charge is 2.33. The molecule has 0 aromatic heterocycles. The first kappa shape index (κ1) is 16.8. The zero-order valence-corrected chi connectivity index (χ0v) is 13.0. The van der Waals surface area contributed by atoms with Gasteiger partial charge in [-0.1, -0.05) is 13.8 Å². The summed E-state index contributed by atoms with van der Waals surface area (Å²) in [6.45, 7) is 8.01. The summed E-state index contributed by atoms with van der Waals surface area (Å²) in [6, 6.07) is 0.226. The van der Waals surface area contributed by atoms with Gasteiger partial charge in [-0.25, -0.2) is 4.79 Å². The van der Waals surface area contributed by atoms with E-state index < -0.39 is 11.4 Å². The van der Waals surface area contributed by atoms with Crippen LogP contribution < -0.4 is 5.32 Å². The summed E-state index contributed by atoms with van der Waals surface area (Å²) < 4.78 is 0. The highest BCUT2D eigenvalue weighted by molar-refractivity contribution is 5.78. The van der Waals surface area contributed by atoms with Crippen LogP contribution in [-0.4, -0.2) is 66.2 Å². The number of piperazine rings is 1. The van der Waals surface area contributed by atoms with E-state index in [4.69, 9.17) is 0 Å². The largest absolute Gasteiger partial charge is 0.481 e. The zero-order chi connectivity index (χ0) is 15.3. The maximum absolute atomic E-state index is 12.2. The fourth-order valence-corrected chi connectivity index (χ4v) is 2.31. The topological polar surface area (TPSA) is 72.9 Å². The van der Waals surface area contributed by atoms with Crippen LogP contribution in [0.3, 0.4) is 0 Å². The van der Waals surface area contributed by atoms with Crippen molar-refractivity contribution >= 4 is 12.0 Å². The molecule has 0 radical (unpaired) electrons. The molecule has 0 bridgehead atoms. The number of hydrogen-bond acceptors (Lipinski definition) is 3. The molecule has 0 spiro atoms. The van der Waals surface area contributed by atoms with E-state index in [0.717, 1.165) is 13.0 Å². The molecular weight excluding hydrogens is 258 g/mol. The molecule has 0 aromatic carbocycles. The summed E-state index contributed by atoms with van der Waals surface area (Å²) in [6.07, 6.45) is 1.49. The fraction of sp³-hybridized carbons (Fsp3) is 0.857. The van der Waals surface area contributed by atoms with Gasteiger partial charge in [0.15, 0.2) is 0 Å². The lowest BCUT2D eigenvalue weighted by Crippen LogP contribution is -2.56. The molecule has 6 heteroatoms. The molecule has 1 fully saturated rings. The fourth-order valence-electron chi connectivity index (χ4n) is 2.31. The SMILES string of the molecule is CCC1CN(C(=O)NCC(C)(CC)C(=O)O)CCN1C. The van der Waals surface area contributed by atoms with Crippen LogP contribution >= 0.6 is 0 Å². The molecule has 6 nitrogen and oxygen atoms in total. The van der Waals surface area contributed by atoms with Gasteiger partial charge in [0.25, 0.3) is 0 Å². The van der Waals surface area contributed by atoms with Crippen LogP contribution in [0.4, 0.5) is 4.79 Å². The smallest absolute Gasteiger partial charge is 0.317 e. The molecule has 2 N–H and O–H groups in total. The number of carbonyl (C=O) groups excluding carboxylic acids is 1. The van der Waals surface area contributed by atoms with Crippen molar-refractivity contribution in [1.82, 2.24) is 15.1 Å². The number of carboxylic acid groups (broad SMARTS) is 1. The minimum absolute atomic E-state index is 0.155. The van der Waals surface area contributed by atoms with Gasteiger partial charge in [0.05, 0.1) is 5.41 Å². The molecule has 0 aliphatic carbocycles. The molecule has 1 aliphatic rings. The van der Waals surface area contributed by atoms with Gasteiger partial charge in [0.1, 0.15) is 0 Å². The molecule has 2 amide bonds. The summed E-state index contributed by atoms with van der Waals surface area (Å²) in [5.74, 6) is -0.870. The van der Waals surface area contributed by atoms with Crippen LogP contribution in [0.25, 0.3) is 0 Å². The number of hydrogen-bond donors (Lipinski definition) is 2. The van der Waals surface area contributed by atoms with E-state index >= 15 is 0 Å². The standard InChI is InChI=1S/C14H27N3O3/c1-5-11-9-17(8-7-16(11)4)13(20)15-10-14(3,6-2)12(18)19/h11H,5-10H2,1-4H3,(H,15,20)(H,18,19). The third-order valence-corrected chi connectivity index (χ3v) is 4.46. The Labute approximate surface area is 121 Å². The van der Waals surface area contributed by atoms with E-state index in [0.29, 0.717) is 25.6 Å². The first-order chi connectivity index (χ1) is 9.34. The Balaban J connectivity index is 2.53. The number of urea groups is 1. The van der Waals surface area contributed by atoms with E-state index in [2.05, 4.69) is 24.2 Å². The molecule has 1 aliphatic heterocycles. The van der Waals surface area contributed by atoms with Crippen LogP contribution in [0.5, 0.6) is 0 Å². The molecule has 1 saturated heterocycles. The molecule has 2 unspecified atom stereocenters. The first-order valence-electron chi connectivity index (χ1n) is 7.30. The van der Waals surface area contributed by atoms with Crippen LogP contribution in [0.2, 0.25) is 0 Å². The number of likely N-dealkylation sites (N-methyl/N-ethyl adjacent to an activating group) is 1.